The van der Waals surface area contributed by atoms with Crippen molar-refractivity contribution in [1.29, 1.82) is 0 Å². The maximum absolute atomic E-state index is 13.4. The van der Waals surface area contributed by atoms with Crippen molar-refractivity contribution in [2.45, 2.75) is 105 Å². The van der Waals surface area contributed by atoms with Crippen LogP contribution >= 0.6 is 0 Å². The number of ketones is 2. The van der Waals surface area contributed by atoms with Gasteiger partial charge in [0.25, 0.3) is 0 Å². The first-order chi connectivity index (χ1) is 16.2. The van der Waals surface area contributed by atoms with E-state index in [2.05, 4.69) is 27.7 Å². The van der Waals surface area contributed by atoms with Crippen LogP contribution < -0.4 is 0 Å². The van der Waals surface area contributed by atoms with Gasteiger partial charge in [-0.25, -0.2) is 0 Å². The molecule has 11 atom stereocenters. The van der Waals surface area contributed by atoms with E-state index in [0.29, 0.717) is 18.3 Å². The zero-order valence-electron chi connectivity index (χ0n) is 22.9. The first-order valence-corrected chi connectivity index (χ1v) is 14.1. The molecule has 0 spiro atoms. The van der Waals surface area contributed by atoms with Crippen LogP contribution in [0.2, 0.25) is 0 Å². The van der Waals surface area contributed by atoms with Crippen molar-refractivity contribution in [2.75, 3.05) is 7.11 Å². The molecular weight excluding hydrogens is 440 g/mol. The number of carbonyl (C=O) groups excluding carboxylic acids is 3. The lowest BCUT2D eigenvalue weighted by Crippen LogP contribution is -2.70. The van der Waals surface area contributed by atoms with Crippen LogP contribution in [0.1, 0.15) is 99.3 Å². The quantitative estimate of drug-likeness (QED) is 0.504. The van der Waals surface area contributed by atoms with Crippen molar-refractivity contribution in [3.05, 3.63) is 0 Å². The van der Waals surface area contributed by atoms with Crippen molar-refractivity contribution in [2.24, 2.45) is 56.7 Å². The average molecular weight is 487 g/mol. The number of aliphatic hydroxyl groups excluding tert-OH is 1. The van der Waals surface area contributed by atoms with Gasteiger partial charge in [0, 0.05) is 23.7 Å². The van der Waals surface area contributed by atoms with E-state index >= 15 is 0 Å². The standard InChI is InChI=1S/C30H46O5/c1-17-16-22-27(4,24(33)23(17)32)13-15-28(5)20-10-11-30(25(34)35-7)18(2)19(31)8-9-21(30)26(20,3)12-14-29(22,28)6/h17-18,20-22,24,33H,8-16H2,1-7H3/t17-,18+,20+,21-,22-,24-,26-,27-,28-,29+,30+/m1/s1. The Bertz CT molecular complexity index is 958. The molecule has 0 aromatic heterocycles. The van der Waals surface area contributed by atoms with Crippen molar-refractivity contribution >= 4 is 17.5 Å². The Morgan fingerprint density at radius 3 is 2.09 bits per heavy atom. The molecule has 5 fully saturated rings. The minimum Gasteiger partial charge on any atom is -0.469 e. The number of rotatable bonds is 1. The Morgan fingerprint density at radius 1 is 0.857 bits per heavy atom. The molecule has 0 heterocycles. The third-order valence-electron chi connectivity index (χ3n) is 13.5. The van der Waals surface area contributed by atoms with Gasteiger partial charge in [-0.15, -0.1) is 0 Å². The van der Waals surface area contributed by atoms with Gasteiger partial charge in [-0.05, 0) is 85.4 Å². The second kappa shape index (κ2) is 7.65. The van der Waals surface area contributed by atoms with Crippen LogP contribution in [0.4, 0.5) is 0 Å². The average Bonchev–Trinajstić information content (AvgIpc) is 2.83. The summed E-state index contributed by atoms with van der Waals surface area (Å²) in [5.41, 5.74) is -0.997. The summed E-state index contributed by atoms with van der Waals surface area (Å²) in [6.45, 7) is 13.5. The molecule has 5 nitrogen and oxygen atoms in total. The van der Waals surface area contributed by atoms with E-state index in [4.69, 9.17) is 4.74 Å². The number of hydrogen-bond donors (Lipinski definition) is 1. The highest BCUT2D eigenvalue weighted by molar-refractivity contribution is 5.91. The van der Waals surface area contributed by atoms with E-state index in [1.807, 2.05) is 13.8 Å². The largest absolute Gasteiger partial charge is 0.469 e. The maximum atomic E-state index is 13.4. The van der Waals surface area contributed by atoms with E-state index in [0.717, 1.165) is 51.4 Å². The zero-order chi connectivity index (χ0) is 25.8. The van der Waals surface area contributed by atoms with Gasteiger partial charge < -0.3 is 9.84 Å². The van der Waals surface area contributed by atoms with Crippen molar-refractivity contribution in [3.8, 4) is 0 Å². The summed E-state index contributed by atoms with van der Waals surface area (Å²) in [5.74, 6) is 0.580. The van der Waals surface area contributed by atoms with Crippen LogP contribution in [0.3, 0.4) is 0 Å². The first-order valence-electron chi connectivity index (χ1n) is 14.1. The SMILES string of the molecule is COC(=O)[C@]12CC[C@H]3[C@@](C)(CC[C@@]4(C)[C@@H]5C[C@@H](C)C(=O)[C@@H](O)[C@]5(C)CC[C@]34C)[C@H]1CCC(=O)[C@@H]2C. The van der Waals surface area contributed by atoms with Crippen LogP contribution in [0.15, 0.2) is 0 Å². The fourth-order valence-corrected chi connectivity index (χ4v) is 11.2. The lowest BCUT2D eigenvalue weighted by Gasteiger charge is -2.74. The van der Waals surface area contributed by atoms with Crippen LogP contribution in [0.25, 0.3) is 0 Å². The Morgan fingerprint density at radius 2 is 1.46 bits per heavy atom. The molecule has 1 N–H and O–H groups in total. The van der Waals surface area contributed by atoms with Crippen LogP contribution in [0.5, 0.6) is 0 Å². The fraction of sp³-hybridized carbons (Fsp3) is 0.900. The van der Waals surface area contributed by atoms with Gasteiger partial charge in [-0.3, -0.25) is 14.4 Å². The van der Waals surface area contributed by atoms with Crippen LogP contribution in [-0.4, -0.2) is 35.9 Å². The van der Waals surface area contributed by atoms with Gasteiger partial charge in [-0.1, -0.05) is 41.5 Å². The highest BCUT2D eigenvalue weighted by Gasteiger charge is 2.73. The summed E-state index contributed by atoms with van der Waals surface area (Å²) in [5, 5.41) is 11.2. The molecule has 5 aliphatic carbocycles. The molecule has 0 radical (unpaired) electrons. The second-order valence-electron chi connectivity index (χ2n) is 14.2. The molecule has 196 valence electrons. The number of ether oxygens (including phenoxy) is 1. The summed E-state index contributed by atoms with van der Waals surface area (Å²) in [4.78, 5) is 39.2. The van der Waals surface area contributed by atoms with E-state index in [1.165, 1.54) is 7.11 Å². The van der Waals surface area contributed by atoms with Crippen LogP contribution in [-0.2, 0) is 19.1 Å². The zero-order valence-corrected chi connectivity index (χ0v) is 22.9. The predicted octanol–water partition coefficient (Wildman–Crippen LogP) is 5.37. The second-order valence-corrected chi connectivity index (χ2v) is 14.2. The molecule has 35 heavy (non-hydrogen) atoms. The van der Waals surface area contributed by atoms with Gasteiger partial charge in [0.15, 0.2) is 5.78 Å². The smallest absolute Gasteiger partial charge is 0.312 e. The number of aliphatic hydroxyl groups is 1. The Kier molecular flexibility index (Phi) is 5.55. The number of Topliss-reactive ketones (excluding diaryl/α,β-unsaturated/α-hetero) is 2. The molecule has 0 saturated heterocycles. The topological polar surface area (TPSA) is 80.7 Å². The van der Waals surface area contributed by atoms with E-state index in [-0.39, 0.29) is 56.9 Å². The van der Waals surface area contributed by atoms with Gasteiger partial charge in [0.1, 0.15) is 11.9 Å². The number of methoxy groups -OCH3 is 1. The lowest BCUT2D eigenvalue weighted by molar-refractivity contribution is -0.263. The summed E-state index contributed by atoms with van der Waals surface area (Å²) in [6.07, 6.45) is 6.95. The number of fused-ring (bicyclic) bond motifs is 7. The third kappa shape index (κ3) is 2.83. The van der Waals surface area contributed by atoms with Gasteiger partial charge in [0.2, 0.25) is 0 Å². The highest BCUT2D eigenvalue weighted by atomic mass is 16.5. The lowest BCUT2D eigenvalue weighted by atomic mass is 9.30. The molecule has 5 heteroatoms. The van der Waals surface area contributed by atoms with Crippen LogP contribution in [0, 0.1) is 56.7 Å². The van der Waals surface area contributed by atoms with E-state index < -0.39 is 11.5 Å². The molecule has 0 aromatic carbocycles. The molecule has 0 aromatic rings. The Balaban J connectivity index is 1.58. The summed E-state index contributed by atoms with van der Waals surface area (Å²) < 4.78 is 5.41. The molecule has 5 aliphatic rings. The summed E-state index contributed by atoms with van der Waals surface area (Å²) >= 11 is 0. The van der Waals surface area contributed by atoms with Crippen molar-refractivity contribution < 1.29 is 24.2 Å². The summed E-state index contributed by atoms with van der Waals surface area (Å²) in [6, 6.07) is 0. The van der Waals surface area contributed by atoms with Gasteiger partial charge in [0.05, 0.1) is 12.5 Å². The van der Waals surface area contributed by atoms with E-state index in [9.17, 15) is 19.5 Å². The molecule has 5 rings (SSSR count). The molecule has 0 aliphatic heterocycles. The Hall–Kier alpha value is -1.23. The fourth-order valence-electron chi connectivity index (χ4n) is 11.2. The van der Waals surface area contributed by atoms with Gasteiger partial charge in [-0.2, -0.15) is 0 Å². The summed E-state index contributed by atoms with van der Waals surface area (Å²) in [7, 11) is 1.48. The molecule has 0 unspecified atom stereocenters. The number of hydrogen-bond acceptors (Lipinski definition) is 5. The van der Waals surface area contributed by atoms with Crippen molar-refractivity contribution in [1.82, 2.24) is 0 Å². The van der Waals surface area contributed by atoms with E-state index in [1.54, 1.807) is 0 Å². The van der Waals surface area contributed by atoms with Crippen molar-refractivity contribution in [3.63, 3.8) is 0 Å². The normalized spacial score (nSPS) is 55.8. The minimum atomic E-state index is -0.866. The van der Waals surface area contributed by atoms with Gasteiger partial charge >= 0.3 is 5.97 Å². The maximum Gasteiger partial charge on any atom is 0.312 e. The molecule has 0 amide bonds. The third-order valence-corrected chi connectivity index (χ3v) is 13.5. The predicted molar refractivity (Wildman–Crippen MR) is 133 cm³/mol. The number of carbonyl (C=O) groups is 3. The molecule has 0 bridgehead atoms. The highest BCUT2D eigenvalue weighted by Crippen LogP contribution is 2.77. The first kappa shape index (κ1) is 25.4. The molecule has 5 saturated carbocycles. The molecular formula is C30H46O5. The Labute approximate surface area is 211 Å². The number of esters is 1. The minimum absolute atomic E-state index is 0.0259. The monoisotopic (exact) mass is 486 g/mol.